The zero-order valence-electron chi connectivity index (χ0n) is 14.9. The van der Waals surface area contributed by atoms with Gasteiger partial charge in [-0.25, -0.2) is 15.0 Å². The summed E-state index contributed by atoms with van der Waals surface area (Å²) in [6, 6.07) is 3.85. The van der Waals surface area contributed by atoms with Gasteiger partial charge in [0.1, 0.15) is 12.1 Å². The second-order valence-electron chi connectivity index (χ2n) is 6.41. The molecule has 1 fully saturated rings. The van der Waals surface area contributed by atoms with Crippen molar-refractivity contribution in [2.45, 2.75) is 13.3 Å². The van der Waals surface area contributed by atoms with Gasteiger partial charge in [-0.3, -0.25) is 4.90 Å². The third kappa shape index (κ3) is 3.72. The molecule has 0 atom stereocenters. The van der Waals surface area contributed by atoms with E-state index >= 15 is 0 Å². The number of fused-ring (bicyclic) bond motifs is 1. The van der Waals surface area contributed by atoms with Crippen LogP contribution in [0.15, 0.2) is 30.9 Å². The van der Waals surface area contributed by atoms with E-state index in [1.807, 2.05) is 19.1 Å². The second kappa shape index (κ2) is 7.61. The predicted molar refractivity (Wildman–Crippen MR) is 99.3 cm³/mol. The molecule has 1 aliphatic heterocycles. The molecule has 1 aliphatic rings. The van der Waals surface area contributed by atoms with Crippen molar-refractivity contribution < 1.29 is 0 Å². The second-order valence-corrected chi connectivity index (χ2v) is 6.41. The lowest BCUT2D eigenvalue weighted by molar-refractivity contribution is 0.256. The number of rotatable bonds is 6. The van der Waals surface area contributed by atoms with Gasteiger partial charge in [0.05, 0.1) is 0 Å². The molecule has 1 saturated heterocycles. The molecule has 0 bridgehead atoms. The first-order valence-corrected chi connectivity index (χ1v) is 8.95. The molecule has 136 valence electrons. The van der Waals surface area contributed by atoms with E-state index in [2.05, 4.69) is 40.2 Å². The first-order valence-electron chi connectivity index (χ1n) is 8.95. The van der Waals surface area contributed by atoms with Crippen molar-refractivity contribution >= 4 is 17.5 Å². The summed E-state index contributed by atoms with van der Waals surface area (Å²) < 4.78 is 1.74. The lowest BCUT2D eigenvalue weighted by Crippen LogP contribution is -2.47. The molecule has 0 aromatic carbocycles. The maximum atomic E-state index is 4.36. The Hall–Kier alpha value is -2.81. The lowest BCUT2D eigenvalue weighted by Gasteiger charge is -2.34. The number of hydrogen-bond acceptors (Lipinski definition) is 8. The Labute approximate surface area is 152 Å². The standard InChI is InChI=1S/C17H23N9/c1-14-12-15(26-17(23-14)21-13-22-26)18-6-3-7-24-8-10-25(11-9-24)16-19-4-2-5-20-16/h2,4-5,12-13,18H,3,6-11H2,1H3. The van der Waals surface area contributed by atoms with E-state index in [1.54, 1.807) is 16.9 Å². The molecule has 26 heavy (non-hydrogen) atoms. The van der Waals surface area contributed by atoms with Crippen molar-refractivity contribution in [1.29, 1.82) is 0 Å². The van der Waals surface area contributed by atoms with Crippen molar-refractivity contribution in [3.63, 3.8) is 0 Å². The summed E-state index contributed by atoms with van der Waals surface area (Å²) in [5, 5.41) is 7.67. The van der Waals surface area contributed by atoms with E-state index in [4.69, 9.17) is 0 Å². The van der Waals surface area contributed by atoms with E-state index in [0.29, 0.717) is 5.78 Å². The Bertz CT molecular complexity index is 840. The number of nitrogens with zero attached hydrogens (tertiary/aromatic N) is 8. The van der Waals surface area contributed by atoms with E-state index in [0.717, 1.165) is 63.1 Å². The average molecular weight is 353 g/mol. The third-order valence-corrected chi connectivity index (χ3v) is 4.54. The minimum atomic E-state index is 0.631. The largest absolute Gasteiger partial charge is 0.370 e. The van der Waals surface area contributed by atoms with Gasteiger partial charge >= 0.3 is 0 Å². The Balaban J connectivity index is 1.23. The fraction of sp³-hybridized carbons (Fsp3) is 0.471. The summed E-state index contributed by atoms with van der Waals surface area (Å²) in [5.41, 5.74) is 0.937. The molecule has 4 rings (SSSR count). The summed E-state index contributed by atoms with van der Waals surface area (Å²) in [4.78, 5) is 21.9. The van der Waals surface area contributed by atoms with Gasteiger partial charge in [-0.1, -0.05) is 0 Å². The van der Waals surface area contributed by atoms with Crippen molar-refractivity contribution in [1.82, 2.24) is 34.4 Å². The third-order valence-electron chi connectivity index (χ3n) is 4.54. The van der Waals surface area contributed by atoms with Gasteiger partial charge < -0.3 is 10.2 Å². The number of nitrogens with one attached hydrogen (secondary N) is 1. The number of aromatic nitrogens is 6. The van der Waals surface area contributed by atoms with Crippen molar-refractivity contribution in [2.24, 2.45) is 0 Å². The normalized spacial score (nSPS) is 15.5. The molecular weight excluding hydrogens is 330 g/mol. The molecule has 0 amide bonds. The van der Waals surface area contributed by atoms with Gasteiger partial charge in [0.15, 0.2) is 0 Å². The molecule has 3 aromatic rings. The molecular formula is C17H23N9. The minimum absolute atomic E-state index is 0.631. The van der Waals surface area contributed by atoms with Gasteiger partial charge in [0, 0.05) is 56.9 Å². The minimum Gasteiger partial charge on any atom is -0.370 e. The highest BCUT2D eigenvalue weighted by Gasteiger charge is 2.18. The first kappa shape index (κ1) is 16.6. The molecule has 0 aliphatic carbocycles. The zero-order valence-corrected chi connectivity index (χ0v) is 14.9. The highest BCUT2D eigenvalue weighted by atomic mass is 15.4. The summed E-state index contributed by atoms with van der Waals surface area (Å²) in [5.74, 6) is 2.40. The van der Waals surface area contributed by atoms with E-state index < -0.39 is 0 Å². The fourth-order valence-electron chi connectivity index (χ4n) is 3.20. The van der Waals surface area contributed by atoms with Crippen molar-refractivity contribution in [2.75, 3.05) is 49.5 Å². The van der Waals surface area contributed by atoms with Gasteiger partial charge in [-0.15, -0.1) is 0 Å². The highest BCUT2D eigenvalue weighted by molar-refractivity contribution is 5.44. The van der Waals surface area contributed by atoms with E-state index in [-0.39, 0.29) is 0 Å². The number of hydrogen-bond donors (Lipinski definition) is 1. The summed E-state index contributed by atoms with van der Waals surface area (Å²) in [6.07, 6.45) is 6.20. The van der Waals surface area contributed by atoms with Crippen LogP contribution in [0.25, 0.3) is 5.78 Å². The Kier molecular flexibility index (Phi) is 4.87. The Morgan fingerprint density at radius 3 is 2.69 bits per heavy atom. The van der Waals surface area contributed by atoms with E-state index in [9.17, 15) is 0 Å². The van der Waals surface area contributed by atoms with Crippen LogP contribution in [0.5, 0.6) is 0 Å². The van der Waals surface area contributed by atoms with Gasteiger partial charge in [-0.05, 0) is 26.0 Å². The molecule has 9 heteroatoms. The van der Waals surface area contributed by atoms with Gasteiger partial charge in [0.25, 0.3) is 5.78 Å². The van der Waals surface area contributed by atoms with Crippen LogP contribution in [0.2, 0.25) is 0 Å². The van der Waals surface area contributed by atoms with Crippen LogP contribution < -0.4 is 10.2 Å². The van der Waals surface area contributed by atoms with Crippen LogP contribution in [0.4, 0.5) is 11.8 Å². The van der Waals surface area contributed by atoms with Crippen LogP contribution in [0, 0.1) is 6.92 Å². The molecule has 1 N–H and O–H groups in total. The number of anilines is 2. The van der Waals surface area contributed by atoms with Gasteiger partial charge in [-0.2, -0.15) is 14.6 Å². The molecule has 0 radical (unpaired) electrons. The van der Waals surface area contributed by atoms with Crippen LogP contribution in [-0.2, 0) is 0 Å². The van der Waals surface area contributed by atoms with Crippen LogP contribution >= 0.6 is 0 Å². The van der Waals surface area contributed by atoms with Crippen molar-refractivity contribution in [3.8, 4) is 0 Å². The average Bonchev–Trinajstić information content (AvgIpc) is 3.15. The molecule has 0 unspecified atom stereocenters. The molecule has 0 spiro atoms. The first-order chi connectivity index (χ1) is 12.8. The quantitative estimate of drug-likeness (QED) is 0.653. The Morgan fingerprint density at radius 1 is 1.08 bits per heavy atom. The maximum absolute atomic E-state index is 4.36. The fourth-order valence-corrected chi connectivity index (χ4v) is 3.20. The number of piperazine rings is 1. The Morgan fingerprint density at radius 2 is 1.88 bits per heavy atom. The molecule has 3 aromatic heterocycles. The molecule has 9 nitrogen and oxygen atoms in total. The predicted octanol–water partition coefficient (Wildman–Crippen LogP) is 0.847. The highest BCUT2D eigenvalue weighted by Crippen LogP contribution is 2.11. The monoisotopic (exact) mass is 353 g/mol. The molecule has 0 saturated carbocycles. The van der Waals surface area contributed by atoms with Crippen LogP contribution in [0.1, 0.15) is 12.1 Å². The SMILES string of the molecule is Cc1cc(NCCCN2CCN(c3ncccn3)CC2)n2ncnc2n1. The zero-order chi connectivity index (χ0) is 17.8. The lowest BCUT2D eigenvalue weighted by atomic mass is 10.3. The maximum Gasteiger partial charge on any atom is 0.254 e. The summed E-state index contributed by atoms with van der Waals surface area (Å²) >= 11 is 0. The van der Waals surface area contributed by atoms with Crippen LogP contribution in [0.3, 0.4) is 0 Å². The number of aryl methyl sites for hydroxylation is 1. The van der Waals surface area contributed by atoms with E-state index in [1.165, 1.54) is 6.33 Å². The summed E-state index contributed by atoms with van der Waals surface area (Å²) in [6.45, 7) is 7.96. The topological polar surface area (TPSA) is 87.4 Å². The van der Waals surface area contributed by atoms with Gasteiger partial charge in [0.2, 0.25) is 5.95 Å². The van der Waals surface area contributed by atoms with Crippen LogP contribution in [-0.4, -0.2) is 73.7 Å². The summed E-state index contributed by atoms with van der Waals surface area (Å²) in [7, 11) is 0. The molecule has 4 heterocycles. The smallest absolute Gasteiger partial charge is 0.254 e. The van der Waals surface area contributed by atoms with Crippen molar-refractivity contribution in [3.05, 3.63) is 36.5 Å².